The molecule has 0 aromatic heterocycles. The zero-order valence-electron chi connectivity index (χ0n) is 12.9. The average molecular weight is 332 g/mol. The van der Waals surface area contributed by atoms with Gasteiger partial charge >= 0.3 is 6.09 Å². The van der Waals surface area contributed by atoms with Crippen molar-refractivity contribution >= 4 is 11.8 Å². The lowest BCUT2D eigenvalue weighted by atomic mass is 10.1. The highest BCUT2D eigenvalue weighted by Crippen LogP contribution is 2.25. The fourth-order valence-corrected chi connectivity index (χ4v) is 2.03. The van der Waals surface area contributed by atoms with Crippen molar-refractivity contribution in [3.63, 3.8) is 0 Å². The Bertz CT molecular complexity index is 730. The van der Waals surface area contributed by atoms with E-state index in [-0.39, 0.29) is 24.4 Å². The van der Waals surface area contributed by atoms with E-state index in [0.29, 0.717) is 5.75 Å². The van der Waals surface area contributed by atoms with Crippen LogP contribution < -0.4 is 14.8 Å². The molecule has 2 aromatic rings. The first-order valence-corrected chi connectivity index (χ1v) is 6.99. The molecular weight excluding hydrogens is 316 g/mol. The summed E-state index contributed by atoms with van der Waals surface area (Å²) in [6, 6.07) is 11.5. The molecule has 0 fully saturated rings. The van der Waals surface area contributed by atoms with Crippen molar-refractivity contribution in [2.45, 2.75) is 13.2 Å². The van der Waals surface area contributed by atoms with E-state index >= 15 is 0 Å². The van der Waals surface area contributed by atoms with E-state index in [4.69, 9.17) is 14.6 Å². The second kappa shape index (κ2) is 7.82. The number of rotatable bonds is 7. The van der Waals surface area contributed by atoms with Gasteiger partial charge in [0.15, 0.2) is 0 Å². The predicted molar refractivity (Wildman–Crippen MR) is 85.3 cm³/mol. The van der Waals surface area contributed by atoms with Crippen molar-refractivity contribution in [1.29, 1.82) is 0 Å². The summed E-state index contributed by atoms with van der Waals surface area (Å²) in [4.78, 5) is 21.0. The number of nitrogens with zero attached hydrogens (tertiary/aromatic N) is 1. The SMILES string of the molecule is COc1ccc(COc2ccc([N+](=O)[O-])c(CNC(=O)O)c2)cc1. The number of nitro groups is 1. The Balaban J connectivity index is 2.10. The zero-order chi connectivity index (χ0) is 17.5. The van der Waals surface area contributed by atoms with Gasteiger partial charge in [-0.25, -0.2) is 4.79 Å². The number of carboxylic acid groups (broad SMARTS) is 1. The molecule has 8 nitrogen and oxygen atoms in total. The molecule has 0 saturated carbocycles. The second-order valence-electron chi connectivity index (χ2n) is 4.84. The lowest BCUT2D eigenvalue weighted by molar-refractivity contribution is -0.385. The van der Waals surface area contributed by atoms with E-state index in [1.165, 1.54) is 18.2 Å². The fourth-order valence-electron chi connectivity index (χ4n) is 2.03. The van der Waals surface area contributed by atoms with Crippen molar-refractivity contribution in [2.24, 2.45) is 0 Å². The van der Waals surface area contributed by atoms with Crippen LogP contribution in [0, 0.1) is 10.1 Å². The maximum Gasteiger partial charge on any atom is 0.404 e. The van der Waals surface area contributed by atoms with Gasteiger partial charge in [0.25, 0.3) is 5.69 Å². The van der Waals surface area contributed by atoms with E-state index in [1.807, 2.05) is 12.1 Å². The van der Waals surface area contributed by atoms with Gasteiger partial charge in [0.05, 0.1) is 24.1 Å². The summed E-state index contributed by atoms with van der Waals surface area (Å²) in [5.41, 5.74) is 0.967. The van der Waals surface area contributed by atoms with Gasteiger partial charge < -0.3 is 19.9 Å². The van der Waals surface area contributed by atoms with E-state index in [0.717, 1.165) is 11.3 Å². The predicted octanol–water partition coefficient (Wildman–Crippen LogP) is 2.95. The van der Waals surface area contributed by atoms with Crippen LogP contribution in [0.3, 0.4) is 0 Å². The number of amides is 1. The molecule has 0 saturated heterocycles. The molecule has 0 spiro atoms. The van der Waals surface area contributed by atoms with Crippen LogP contribution in [0.15, 0.2) is 42.5 Å². The molecule has 0 aliphatic heterocycles. The van der Waals surface area contributed by atoms with Crippen molar-refractivity contribution in [2.75, 3.05) is 7.11 Å². The number of methoxy groups -OCH3 is 1. The Hall–Kier alpha value is -3.29. The minimum absolute atomic E-state index is 0.166. The van der Waals surface area contributed by atoms with Crippen molar-refractivity contribution < 1.29 is 24.3 Å². The molecule has 8 heteroatoms. The highest BCUT2D eigenvalue weighted by atomic mass is 16.6. The fraction of sp³-hybridized carbons (Fsp3) is 0.188. The molecule has 0 radical (unpaired) electrons. The van der Waals surface area contributed by atoms with E-state index < -0.39 is 11.0 Å². The van der Waals surface area contributed by atoms with E-state index in [1.54, 1.807) is 19.2 Å². The summed E-state index contributed by atoms with van der Waals surface area (Å²) >= 11 is 0. The Morgan fingerprint density at radius 2 is 1.88 bits per heavy atom. The summed E-state index contributed by atoms with van der Waals surface area (Å²) < 4.78 is 10.7. The largest absolute Gasteiger partial charge is 0.497 e. The molecule has 0 atom stereocenters. The summed E-state index contributed by atoms with van der Waals surface area (Å²) in [7, 11) is 1.58. The Kier molecular flexibility index (Phi) is 5.56. The summed E-state index contributed by atoms with van der Waals surface area (Å²) in [5, 5.41) is 21.8. The first-order chi connectivity index (χ1) is 11.5. The molecule has 0 unspecified atom stereocenters. The van der Waals surface area contributed by atoms with Crippen LogP contribution in [0.25, 0.3) is 0 Å². The van der Waals surface area contributed by atoms with Gasteiger partial charge in [-0.2, -0.15) is 0 Å². The van der Waals surface area contributed by atoms with Gasteiger partial charge in [0.2, 0.25) is 0 Å². The highest BCUT2D eigenvalue weighted by Gasteiger charge is 2.15. The first kappa shape index (κ1) is 17.1. The highest BCUT2D eigenvalue weighted by molar-refractivity contribution is 5.64. The molecule has 0 aliphatic rings. The molecule has 2 aromatic carbocycles. The van der Waals surface area contributed by atoms with Crippen molar-refractivity contribution in [3.8, 4) is 11.5 Å². The van der Waals surface area contributed by atoms with Gasteiger partial charge in [-0.3, -0.25) is 10.1 Å². The Labute approximate surface area is 137 Å². The molecule has 2 rings (SSSR count). The number of hydrogen-bond acceptors (Lipinski definition) is 5. The van der Waals surface area contributed by atoms with Crippen LogP contribution in [-0.2, 0) is 13.2 Å². The van der Waals surface area contributed by atoms with Crippen LogP contribution in [0.5, 0.6) is 11.5 Å². The van der Waals surface area contributed by atoms with Gasteiger partial charge in [0.1, 0.15) is 18.1 Å². The van der Waals surface area contributed by atoms with Crippen molar-refractivity contribution in [3.05, 3.63) is 63.7 Å². The number of ether oxygens (including phenoxy) is 2. The number of carbonyl (C=O) groups is 1. The number of hydrogen-bond donors (Lipinski definition) is 2. The second-order valence-corrected chi connectivity index (χ2v) is 4.84. The minimum Gasteiger partial charge on any atom is -0.497 e. The molecule has 0 heterocycles. The molecule has 1 amide bonds. The number of nitro benzene ring substituents is 1. The topological polar surface area (TPSA) is 111 Å². The third-order valence-electron chi connectivity index (χ3n) is 3.24. The van der Waals surface area contributed by atoms with E-state index in [2.05, 4.69) is 5.32 Å². The maximum absolute atomic E-state index is 11.0. The van der Waals surface area contributed by atoms with Crippen LogP contribution in [0.4, 0.5) is 10.5 Å². The first-order valence-electron chi connectivity index (χ1n) is 6.99. The van der Waals surface area contributed by atoms with Gasteiger partial charge in [-0.1, -0.05) is 12.1 Å². The normalized spacial score (nSPS) is 10.0. The molecule has 0 aliphatic carbocycles. The monoisotopic (exact) mass is 332 g/mol. The summed E-state index contributed by atoms with van der Waals surface area (Å²) in [5.74, 6) is 1.15. The van der Waals surface area contributed by atoms with Crippen LogP contribution in [-0.4, -0.2) is 23.2 Å². The van der Waals surface area contributed by atoms with Crippen LogP contribution in [0.1, 0.15) is 11.1 Å². The Morgan fingerprint density at radius 1 is 1.21 bits per heavy atom. The number of nitrogens with one attached hydrogen (secondary N) is 1. The van der Waals surface area contributed by atoms with Crippen LogP contribution in [0.2, 0.25) is 0 Å². The third-order valence-corrected chi connectivity index (χ3v) is 3.24. The van der Waals surface area contributed by atoms with Crippen LogP contribution >= 0.6 is 0 Å². The van der Waals surface area contributed by atoms with Crippen molar-refractivity contribution in [1.82, 2.24) is 5.32 Å². The van der Waals surface area contributed by atoms with Gasteiger partial charge in [0, 0.05) is 6.07 Å². The quantitative estimate of drug-likeness (QED) is 0.595. The zero-order valence-corrected chi connectivity index (χ0v) is 12.9. The lowest BCUT2D eigenvalue weighted by Crippen LogP contribution is -2.20. The molecule has 0 bridgehead atoms. The average Bonchev–Trinajstić information content (AvgIpc) is 2.58. The van der Waals surface area contributed by atoms with Gasteiger partial charge in [-0.15, -0.1) is 0 Å². The standard InChI is InChI=1S/C16H16N2O6/c1-23-13-4-2-11(3-5-13)10-24-14-6-7-15(18(21)22)12(8-14)9-17-16(19)20/h2-8,17H,9-10H2,1H3,(H,19,20). The molecule has 2 N–H and O–H groups in total. The number of benzene rings is 2. The summed E-state index contributed by atoms with van der Waals surface area (Å²) in [6.45, 7) is 0.0962. The maximum atomic E-state index is 11.0. The summed E-state index contributed by atoms with van der Waals surface area (Å²) in [6.07, 6.45) is -1.26. The van der Waals surface area contributed by atoms with E-state index in [9.17, 15) is 14.9 Å². The smallest absolute Gasteiger partial charge is 0.404 e. The van der Waals surface area contributed by atoms with Gasteiger partial charge in [-0.05, 0) is 29.8 Å². The third kappa shape index (κ3) is 4.60. The minimum atomic E-state index is -1.26. The molecule has 126 valence electrons. The molecule has 24 heavy (non-hydrogen) atoms. The lowest BCUT2D eigenvalue weighted by Gasteiger charge is -2.09. The Morgan fingerprint density at radius 3 is 2.46 bits per heavy atom. The molecular formula is C16H16N2O6.